The first-order chi connectivity index (χ1) is 9.43. The smallest absolute Gasteiger partial charge is 0.129 e. The van der Waals surface area contributed by atoms with Crippen molar-refractivity contribution in [1.82, 2.24) is 0 Å². The van der Waals surface area contributed by atoms with Crippen molar-refractivity contribution in [3.8, 4) is 5.75 Å². The molecular formula is C16H15BrClFO. The highest BCUT2D eigenvalue weighted by Gasteiger charge is 2.17. The molecule has 0 saturated heterocycles. The Morgan fingerprint density at radius 3 is 2.30 bits per heavy atom. The second-order valence-electron chi connectivity index (χ2n) is 4.72. The molecule has 0 spiro atoms. The second-order valence-corrected chi connectivity index (χ2v) is 6.07. The molecule has 0 bridgehead atoms. The fourth-order valence-electron chi connectivity index (χ4n) is 2.21. The molecule has 0 fully saturated rings. The summed E-state index contributed by atoms with van der Waals surface area (Å²) in [5.41, 5.74) is 3.16. The first-order valence-electron chi connectivity index (χ1n) is 6.18. The molecule has 0 N–H and O–H groups in total. The van der Waals surface area contributed by atoms with Gasteiger partial charge in [-0.3, -0.25) is 0 Å². The molecule has 20 heavy (non-hydrogen) atoms. The minimum Gasteiger partial charge on any atom is -0.496 e. The number of ether oxygens (including phenoxy) is 1. The lowest BCUT2D eigenvalue weighted by Gasteiger charge is -2.16. The number of rotatable bonds is 3. The third-order valence-electron chi connectivity index (χ3n) is 3.22. The number of hydrogen-bond donors (Lipinski definition) is 0. The van der Waals surface area contributed by atoms with Gasteiger partial charge in [-0.25, -0.2) is 4.39 Å². The van der Waals surface area contributed by atoms with Crippen molar-refractivity contribution in [3.05, 3.63) is 63.4 Å². The Morgan fingerprint density at radius 1 is 1.15 bits per heavy atom. The van der Waals surface area contributed by atoms with Gasteiger partial charge in [0.15, 0.2) is 0 Å². The molecule has 0 aliphatic carbocycles. The molecule has 2 aromatic carbocycles. The van der Waals surface area contributed by atoms with Gasteiger partial charge in [-0.2, -0.15) is 0 Å². The zero-order chi connectivity index (χ0) is 14.9. The quantitative estimate of drug-likeness (QED) is 0.651. The normalized spacial score (nSPS) is 12.3. The Hall–Kier alpha value is -1.06. The second kappa shape index (κ2) is 6.15. The molecular weight excluding hydrogens is 343 g/mol. The van der Waals surface area contributed by atoms with Gasteiger partial charge in [0.05, 0.1) is 11.9 Å². The molecule has 2 aromatic rings. The zero-order valence-electron chi connectivity index (χ0n) is 11.5. The summed E-state index contributed by atoms with van der Waals surface area (Å²) < 4.78 is 19.1. The van der Waals surface area contributed by atoms with Crippen molar-refractivity contribution in [1.29, 1.82) is 0 Å². The van der Waals surface area contributed by atoms with E-state index in [0.29, 0.717) is 16.1 Å². The summed E-state index contributed by atoms with van der Waals surface area (Å²) in [6, 6.07) is 9.14. The molecule has 1 nitrogen and oxygen atoms in total. The van der Waals surface area contributed by atoms with Crippen LogP contribution in [0.3, 0.4) is 0 Å². The van der Waals surface area contributed by atoms with Crippen molar-refractivity contribution in [2.75, 3.05) is 7.11 Å². The fraction of sp³-hybridized carbons (Fsp3) is 0.250. The highest BCUT2D eigenvalue weighted by atomic mass is 79.9. The number of hydrogen-bond acceptors (Lipinski definition) is 1. The van der Waals surface area contributed by atoms with Gasteiger partial charge in [-0.05, 0) is 48.7 Å². The summed E-state index contributed by atoms with van der Waals surface area (Å²) in [5.74, 6) is 0.586. The summed E-state index contributed by atoms with van der Waals surface area (Å²) in [6.07, 6.45) is 0. The largest absolute Gasteiger partial charge is 0.496 e. The average molecular weight is 358 g/mol. The van der Waals surface area contributed by atoms with Gasteiger partial charge in [-0.15, -0.1) is 0 Å². The Balaban J connectivity index is 2.51. The van der Waals surface area contributed by atoms with Crippen LogP contribution in [0, 0.1) is 19.7 Å². The van der Waals surface area contributed by atoms with E-state index < -0.39 is 0 Å². The van der Waals surface area contributed by atoms with Crippen LogP contribution in [-0.4, -0.2) is 7.11 Å². The number of benzene rings is 2. The van der Waals surface area contributed by atoms with Gasteiger partial charge in [0.25, 0.3) is 0 Å². The molecule has 1 atom stereocenters. The SMILES string of the molecule is COc1ccc(Cl)cc1C(Br)c1cc(C)c(F)c(C)c1. The third-order valence-corrected chi connectivity index (χ3v) is 4.47. The number of halogens is 3. The van der Waals surface area contributed by atoms with Crippen LogP contribution in [0.5, 0.6) is 5.75 Å². The van der Waals surface area contributed by atoms with Gasteiger partial charge in [0, 0.05) is 10.6 Å². The number of aryl methyl sites for hydroxylation is 2. The average Bonchev–Trinajstić information content (AvgIpc) is 2.43. The van der Waals surface area contributed by atoms with Crippen LogP contribution in [0.25, 0.3) is 0 Å². The molecule has 0 aliphatic rings. The molecule has 2 rings (SSSR count). The Labute approximate surface area is 131 Å². The summed E-state index contributed by atoms with van der Waals surface area (Å²) >= 11 is 9.71. The maximum absolute atomic E-state index is 13.7. The molecule has 4 heteroatoms. The summed E-state index contributed by atoms with van der Waals surface area (Å²) in [6.45, 7) is 3.53. The van der Waals surface area contributed by atoms with E-state index in [1.54, 1.807) is 27.0 Å². The van der Waals surface area contributed by atoms with E-state index in [4.69, 9.17) is 16.3 Å². The molecule has 0 radical (unpaired) electrons. The van der Waals surface area contributed by atoms with Gasteiger partial charge in [0.2, 0.25) is 0 Å². The molecule has 1 unspecified atom stereocenters. The lowest BCUT2D eigenvalue weighted by molar-refractivity contribution is 0.410. The van der Waals surface area contributed by atoms with Crippen LogP contribution in [-0.2, 0) is 0 Å². The van der Waals surface area contributed by atoms with Gasteiger partial charge < -0.3 is 4.74 Å². The fourth-order valence-corrected chi connectivity index (χ4v) is 3.01. The van der Waals surface area contributed by atoms with Crippen molar-refractivity contribution >= 4 is 27.5 Å². The van der Waals surface area contributed by atoms with Crippen LogP contribution >= 0.6 is 27.5 Å². The molecule has 0 amide bonds. The minimum atomic E-state index is -0.161. The van der Waals surface area contributed by atoms with E-state index in [2.05, 4.69) is 15.9 Å². The van der Waals surface area contributed by atoms with Crippen LogP contribution < -0.4 is 4.74 Å². The Bertz CT molecular complexity index is 619. The van der Waals surface area contributed by atoms with E-state index in [0.717, 1.165) is 16.9 Å². The van der Waals surface area contributed by atoms with Crippen LogP contribution in [0.2, 0.25) is 5.02 Å². The zero-order valence-corrected chi connectivity index (χ0v) is 13.8. The molecule has 0 aliphatic heterocycles. The van der Waals surface area contributed by atoms with E-state index in [-0.39, 0.29) is 10.6 Å². The highest BCUT2D eigenvalue weighted by molar-refractivity contribution is 9.09. The summed E-state index contributed by atoms with van der Waals surface area (Å²) in [4.78, 5) is -0.103. The van der Waals surface area contributed by atoms with Gasteiger partial charge in [-0.1, -0.05) is 39.7 Å². The van der Waals surface area contributed by atoms with Crippen LogP contribution in [0.4, 0.5) is 4.39 Å². The van der Waals surface area contributed by atoms with Crippen molar-refractivity contribution in [2.24, 2.45) is 0 Å². The van der Waals surface area contributed by atoms with E-state index >= 15 is 0 Å². The van der Waals surface area contributed by atoms with E-state index in [1.165, 1.54) is 0 Å². The number of alkyl halides is 1. The van der Waals surface area contributed by atoms with Crippen molar-refractivity contribution in [2.45, 2.75) is 18.7 Å². The predicted octanol–water partition coefficient (Wildman–Crippen LogP) is 5.59. The maximum atomic E-state index is 13.7. The molecule has 0 heterocycles. The first-order valence-corrected chi connectivity index (χ1v) is 7.47. The molecule has 0 saturated carbocycles. The molecule has 106 valence electrons. The maximum Gasteiger partial charge on any atom is 0.129 e. The Morgan fingerprint density at radius 2 is 1.75 bits per heavy atom. The van der Waals surface area contributed by atoms with Crippen molar-refractivity contribution < 1.29 is 9.13 Å². The van der Waals surface area contributed by atoms with E-state index in [1.807, 2.05) is 24.3 Å². The molecule has 0 aromatic heterocycles. The third kappa shape index (κ3) is 2.99. The van der Waals surface area contributed by atoms with Crippen LogP contribution in [0.15, 0.2) is 30.3 Å². The monoisotopic (exact) mass is 356 g/mol. The van der Waals surface area contributed by atoms with Gasteiger partial charge >= 0.3 is 0 Å². The van der Waals surface area contributed by atoms with E-state index in [9.17, 15) is 4.39 Å². The Kier molecular flexibility index (Phi) is 4.71. The minimum absolute atomic E-state index is 0.103. The number of methoxy groups -OCH3 is 1. The summed E-state index contributed by atoms with van der Waals surface area (Å²) in [7, 11) is 1.62. The topological polar surface area (TPSA) is 9.23 Å². The predicted molar refractivity (Wildman–Crippen MR) is 84.6 cm³/mol. The van der Waals surface area contributed by atoms with Crippen molar-refractivity contribution in [3.63, 3.8) is 0 Å². The lowest BCUT2D eigenvalue weighted by Crippen LogP contribution is -2.00. The summed E-state index contributed by atoms with van der Waals surface area (Å²) in [5, 5.41) is 0.640. The van der Waals surface area contributed by atoms with Gasteiger partial charge in [0.1, 0.15) is 11.6 Å². The lowest BCUT2D eigenvalue weighted by atomic mass is 9.99. The highest BCUT2D eigenvalue weighted by Crippen LogP contribution is 2.38. The standard InChI is InChI=1S/C16H15BrClFO/c1-9-6-11(7-10(2)16(9)19)15(17)13-8-12(18)4-5-14(13)20-3/h4-8,15H,1-3H3. The first kappa shape index (κ1) is 15.3. The van der Waals surface area contributed by atoms with Crippen LogP contribution in [0.1, 0.15) is 27.1 Å².